The largest absolute Gasteiger partial charge is 0.396 e. The minimum absolute atomic E-state index is 0.0622. The molecule has 3 heteroatoms. The second kappa shape index (κ2) is 5.67. The van der Waals surface area contributed by atoms with E-state index < -0.39 is 0 Å². The molecule has 1 aromatic rings. The fraction of sp³-hybridized carbons (Fsp3) is 0.538. The molecule has 0 atom stereocenters. The number of hydrogen-bond acceptors (Lipinski definition) is 2. The third-order valence-electron chi connectivity index (χ3n) is 2.47. The molecule has 0 aromatic heterocycles. The van der Waals surface area contributed by atoms with Crippen molar-refractivity contribution in [1.82, 2.24) is 4.90 Å². The van der Waals surface area contributed by atoms with Crippen molar-refractivity contribution < 1.29 is 5.11 Å². The maximum absolute atomic E-state index is 9.21. The molecule has 0 spiro atoms. The molecule has 0 aliphatic heterocycles. The zero-order valence-corrected chi connectivity index (χ0v) is 11.0. The Morgan fingerprint density at radius 2 is 2.06 bits per heavy atom. The predicted molar refractivity (Wildman–Crippen MR) is 68.7 cm³/mol. The van der Waals surface area contributed by atoms with E-state index in [0.29, 0.717) is 0 Å². The quantitative estimate of drug-likeness (QED) is 0.857. The van der Waals surface area contributed by atoms with E-state index in [1.807, 2.05) is 18.2 Å². The molecule has 2 nitrogen and oxygen atoms in total. The van der Waals surface area contributed by atoms with Crippen LogP contribution in [0.3, 0.4) is 0 Å². The Labute approximate surface area is 103 Å². The Morgan fingerprint density at radius 1 is 1.38 bits per heavy atom. The van der Waals surface area contributed by atoms with Gasteiger partial charge in [0.15, 0.2) is 0 Å². The summed E-state index contributed by atoms with van der Waals surface area (Å²) in [6, 6.07) is 7.88. The number of aliphatic hydroxyl groups is 1. The van der Waals surface area contributed by atoms with Gasteiger partial charge in [0, 0.05) is 30.1 Å². The number of rotatable bonds is 5. The zero-order chi connectivity index (χ0) is 12.2. The van der Waals surface area contributed by atoms with Gasteiger partial charge in [0.2, 0.25) is 0 Å². The van der Waals surface area contributed by atoms with Crippen molar-refractivity contribution in [2.75, 3.05) is 20.2 Å². The predicted octanol–water partition coefficient (Wildman–Crippen LogP) is 2.79. The molecular formula is C13H20ClNO. The van der Waals surface area contributed by atoms with Gasteiger partial charge in [-0.1, -0.05) is 37.6 Å². The SMILES string of the molecule is CN(Cc1cccc(Cl)c1)CC(C)(C)CO. The average Bonchev–Trinajstić information content (AvgIpc) is 2.16. The first-order valence-corrected chi connectivity index (χ1v) is 5.84. The first-order chi connectivity index (χ1) is 7.43. The van der Waals surface area contributed by atoms with Crippen molar-refractivity contribution in [2.24, 2.45) is 5.41 Å². The first-order valence-electron chi connectivity index (χ1n) is 5.47. The molecule has 0 radical (unpaired) electrons. The van der Waals surface area contributed by atoms with Gasteiger partial charge in [-0.3, -0.25) is 0 Å². The lowest BCUT2D eigenvalue weighted by atomic mass is 9.94. The smallest absolute Gasteiger partial charge is 0.0494 e. The molecule has 0 aliphatic carbocycles. The maximum Gasteiger partial charge on any atom is 0.0494 e. The first kappa shape index (κ1) is 13.5. The van der Waals surface area contributed by atoms with Crippen LogP contribution >= 0.6 is 11.6 Å². The molecule has 16 heavy (non-hydrogen) atoms. The molecule has 0 unspecified atom stereocenters. The van der Waals surface area contributed by atoms with Crippen LogP contribution in [0.5, 0.6) is 0 Å². The summed E-state index contributed by atoms with van der Waals surface area (Å²) in [5.74, 6) is 0. The summed E-state index contributed by atoms with van der Waals surface area (Å²) in [5, 5.41) is 9.98. The summed E-state index contributed by atoms with van der Waals surface area (Å²) in [6.45, 7) is 6.02. The topological polar surface area (TPSA) is 23.5 Å². The van der Waals surface area contributed by atoms with E-state index in [1.54, 1.807) is 0 Å². The van der Waals surface area contributed by atoms with E-state index >= 15 is 0 Å². The molecule has 1 rings (SSSR count). The summed E-state index contributed by atoms with van der Waals surface area (Å²) in [6.07, 6.45) is 0. The van der Waals surface area contributed by atoms with E-state index in [9.17, 15) is 5.11 Å². The highest BCUT2D eigenvalue weighted by molar-refractivity contribution is 6.30. The number of benzene rings is 1. The van der Waals surface area contributed by atoms with Crippen molar-refractivity contribution >= 4 is 11.6 Å². The fourth-order valence-electron chi connectivity index (χ4n) is 1.78. The van der Waals surface area contributed by atoms with Crippen LogP contribution in [0, 0.1) is 5.41 Å². The highest BCUT2D eigenvalue weighted by Crippen LogP contribution is 2.17. The molecule has 1 aromatic carbocycles. The van der Waals surface area contributed by atoms with E-state index in [4.69, 9.17) is 11.6 Å². The second-order valence-corrected chi connectivity index (χ2v) is 5.56. The fourth-order valence-corrected chi connectivity index (χ4v) is 2.00. The number of nitrogens with zero attached hydrogens (tertiary/aromatic N) is 1. The summed E-state index contributed by atoms with van der Waals surface area (Å²) >= 11 is 5.93. The van der Waals surface area contributed by atoms with Crippen molar-refractivity contribution in [3.05, 3.63) is 34.9 Å². The third-order valence-corrected chi connectivity index (χ3v) is 2.70. The van der Waals surface area contributed by atoms with Gasteiger partial charge in [-0.2, -0.15) is 0 Å². The Kier molecular flexibility index (Phi) is 4.78. The van der Waals surface area contributed by atoms with Crippen molar-refractivity contribution in [3.8, 4) is 0 Å². The third kappa shape index (κ3) is 4.52. The van der Waals surface area contributed by atoms with Crippen molar-refractivity contribution in [2.45, 2.75) is 20.4 Å². The molecular weight excluding hydrogens is 222 g/mol. The molecule has 0 saturated heterocycles. The zero-order valence-electron chi connectivity index (χ0n) is 10.2. The molecule has 0 heterocycles. The monoisotopic (exact) mass is 241 g/mol. The van der Waals surface area contributed by atoms with Crippen LogP contribution in [0.2, 0.25) is 5.02 Å². The lowest BCUT2D eigenvalue weighted by Crippen LogP contribution is -2.33. The molecule has 90 valence electrons. The van der Waals surface area contributed by atoms with E-state index in [2.05, 4.69) is 31.9 Å². The Hall–Kier alpha value is -0.570. The van der Waals surface area contributed by atoms with E-state index in [1.165, 1.54) is 5.56 Å². The van der Waals surface area contributed by atoms with Crippen LogP contribution in [-0.2, 0) is 6.54 Å². The lowest BCUT2D eigenvalue weighted by molar-refractivity contribution is 0.112. The van der Waals surface area contributed by atoms with Gasteiger partial charge in [-0.15, -0.1) is 0 Å². The minimum Gasteiger partial charge on any atom is -0.396 e. The molecule has 1 N–H and O–H groups in total. The molecule has 0 bridgehead atoms. The second-order valence-electron chi connectivity index (χ2n) is 5.12. The average molecular weight is 242 g/mol. The van der Waals surface area contributed by atoms with E-state index in [-0.39, 0.29) is 12.0 Å². The highest BCUT2D eigenvalue weighted by Gasteiger charge is 2.18. The molecule has 0 fully saturated rings. The van der Waals surface area contributed by atoms with Crippen LogP contribution < -0.4 is 0 Å². The highest BCUT2D eigenvalue weighted by atomic mass is 35.5. The number of hydrogen-bond donors (Lipinski definition) is 1. The van der Waals surface area contributed by atoms with Gasteiger partial charge < -0.3 is 10.0 Å². The van der Waals surface area contributed by atoms with Gasteiger partial charge >= 0.3 is 0 Å². The van der Waals surface area contributed by atoms with E-state index in [0.717, 1.165) is 18.1 Å². The number of halogens is 1. The lowest BCUT2D eigenvalue weighted by Gasteiger charge is -2.28. The van der Waals surface area contributed by atoms with Crippen LogP contribution in [0.4, 0.5) is 0 Å². The standard InChI is InChI=1S/C13H20ClNO/c1-13(2,10-16)9-15(3)8-11-5-4-6-12(14)7-11/h4-7,16H,8-10H2,1-3H3. The van der Waals surface area contributed by atoms with Gasteiger partial charge in [-0.05, 0) is 24.7 Å². The van der Waals surface area contributed by atoms with Gasteiger partial charge in [0.25, 0.3) is 0 Å². The van der Waals surface area contributed by atoms with Crippen LogP contribution in [0.1, 0.15) is 19.4 Å². The molecule has 0 amide bonds. The number of aliphatic hydroxyl groups excluding tert-OH is 1. The summed E-state index contributed by atoms with van der Waals surface area (Å²) in [4.78, 5) is 2.20. The van der Waals surface area contributed by atoms with Gasteiger partial charge in [0.1, 0.15) is 0 Å². The maximum atomic E-state index is 9.21. The Bertz CT molecular complexity index is 338. The van der Waals surface area contributed by atoms with Crippen LogP contribution in [0.25, 0.3) is 0 Å². The van der Waals surface area contributed by atoms with Crippen molar-refractivity contribution in [3.63, 3.8) is 0 Å². The van der Waals surface area contributed by atoms with Gasteiger partial charge in [0.05, 0.1) is 0 Å². The van der Waals surface area contributed by atoms with Crippen LogP contribution in [-0.4, -0.2) is 30.2 Å². The van der Waals surface area contributed by atoms with Gasteiger partial charge in [-0.25, -0.2) is 0 Å². The molecule has 0 aliphatic rings. The molecule has 0 saturated carbocycles. The van der Waals surface area contributed by atoms with Crippen LogP contribution in [0.15, 0.2) is 24.3 Å². The minimum atomic E-state index is -0.0622. The van der Waals surface area contributed by atoms with Crippen molar-refractivity contribution in [1.29, 1.82) is 0 Å². The summed E-state index contributed by atoms with van der Waals surface area (Å²) < 4.78 is 0. The Balaban J connectivity index is 2.55. The normalized spacial score (nSPS) is 12.1. The Morgan fingerprint density at radius 3 is 2.62 bits per heavy atom. The summed E-state index contributed by atoms with van der Waals surface area (Å²) in [7, 11) is 2.05. The summed E-state index contributed by atoms with van der Waals surface area (Å²) in [5.41, 5.74) is 1.14.